The number of ether oxygens (including phenoxy) is 8. The molecule has 19 nitrogen and oxygen atoms in total. The van der Waals surface area contributed by atoms with E-state index in [2.05, 4.69) is 20.8 Å². The van der Waals surface area contributed by atoms with Crippen molar-refractivity contribution in [1.82, 2.24) is 0 Å². The van der Waals surface area contributed by atoms with Gasteiger partial charge in [-0.25, -0.2) is 0 Å². The topological polar surface area (TPSA) is 296 Å². The molecule has 0 aromatic rings. The fourth-order valence-corrected chi connectivity index (χ4v) is 14.5. The first-order valence-electron chi connectivity index (χ1n) is 24.2. The Morgan fingerprint density at radius 1 is 0.631 bits per heavy atom. The number of fused-ring (bicyclic) bond motifs is 7. The first-order chi connectivity index (χ1) is 30.9. The molecule has 65 heavy (non-hydrogen) atoms. The van der Waals surface area contributed by atoms with Crippen molar-refractivity contribution < 1.29 is 94.1 Å². The first-order valence-corrected chi connectivity index (χ1v) is 24.2. The average Bonchev–Trinajstić information content (AvgIpc) is 3.76. The summed E-state index contributed by atoms with van der Waals surface area (Å²) in [6.07, 6.45) is -12.7. The summed E-state index contributed by atoms with van der Waals surface area (Å²) < 4.78 is 48.8. The molecule has 4 heterocycles. The van der Waals surface area contributed by atoms with Gasteiger partial charge in [0.05, 0.1) is 38.6 Å². The van der Waals surface area contributed by atoms with E-state index in [0.717, 1.165) is 44.9 Å². The molecule has 0 aromatic carbocycles. The van der Waals surface area contributed by atoms with Crippen molar-refractivity contribution in [3.8, 4) is 0 Å². The normalized spacial score (nSPS) is 54.9. The molecule has 4 aliphatic carbocycles. The molecular formula is C46H78O19. The van der Waals surface area contributed by atoms with Crippen LogP contribution < -0.4 is 0 Å². The van der Waals surface area contributed by atoms with E-state index >= 15 is 0 Å². The summed E-state index contributed by atoms with van der Waals surface area (Å²) in [6.45, 7) is 7.69. The van der Waals surface area contributed by atoms with Gasteiger partial charge in [-0.15, -0.1) is 0 Å². The molecule has 11 N–H and O–H groups in total. The second kappa shape index (κ2) is 19.8. The zero-order valence-corrected chi connectivity index (χ0v) is 38.4. The molecule has 7 unspecified atom stereocenters. The molecule has 8 rings (SSSR count). The van der Waals surface area contributed by atoms with Crippen LogP contribution in [0.3, 0.4) is 0 Å². The Hall–Kier alpha value is -0.760. The molecule has 4 saturated heterocycles. The highest BCUT2D eigenvalue weighted by Gasteiger charge is 2.69. The summed E-state index contributed by atoms with van der Waals surface area (Å²) in [5.74, 6) is 1.67. The fraction of sp³-hybridized carbons (Fsp3) is 1.00. The summed E-state index contributed by atoms with van der Waals surface area (Å²) in [5, 5.41) is 113. The van der Waals surface area contributed by atoms with Crippen LogP contribution in [0.1, 0.15) is 91.9 Å². The van der Waals surface area contributed by atoms with Gasteiger partial charge in [0.25, 0.3) is 0 Å². The van der Waals surface area contributed by atoms with Gasteiger partial charge in [-0.2, -0.15) is 0 Å². The number of hydrogen-bond acceptors (Lipinski definition) is 19. The average molecular weight is 935 g/mol. The number of hydrogen-bond donors (Lipinski definition) is 11. The summed E-state index contributed by atoms with van der Waals surface area (Å²) >= 11 is 0. The maximum Gasteiger partial charge on any atom is 0.187 e. The monoisotopic (exact) mass is 935 g/mol. The van der Waals surface area contributed by atoms with Crippen molar-refractivity contribution in [3.05, 3.63) is 0 Å². The standard InChI is InChI=1S/C46H78O19/c1-20(19-59-41-38(56)35(53)32(50)28(16-47)61-41)8-13-46(58-5)21(2)31-27(65-46)15-26-24-7-6-22-14-23(9-11-44(22,3)25(24)10-12-45(26,31)4)60-43-40(37(55)34(52)30(18-49)63-43)64-42-39(57)36(54)33(51)29(17-48)62-42/h20-43,47-57H,6-19H2,1-5H3/t20-,21?,22+,23-,24?,25?,26?,27?,28+,29+,30+,31?,32+,33+,34-,35-,36-,37-,38+,39+,40+,41+,42-,43+,44-,45-,46?/m0/s1. The van der Waals surface area contributed by atoms with Crippen molar-refractivity contribution in [1.29, 1.82) is 0 Å². The molecule has 27 atom stereocenters. The van der Waals surface area contributed by atoms with E-state index < -0.39 is 118 Å². The highest BCUT2D eigenvalue weighted by Crippen LogP contribution is 2.71. The predicted molar refractivity (Wildman–Crippen MR) is 224 cm³/mol. The smallest absolute Gasteiger partial charge is 0.187 e. The van der Waals surface area contributed by atoms with Crippen molar-refractivity contribution in [2.75, 3.05) is 33.5 Å². The van der Waals surface area contributed by atoms with Gasteiger partial charge in [0.2, 0.25) is 0 Å². The van der Waals surface area contributed by atoms with Crippen LogP contribution in [-0.4, -0.2) is 200 Å². The molecule has 4 aliphatic heterocycles. The minimum absolute atomic E-state index is 0.0271. The molecule has 0 bridgehead atoms. The molecule has 376 valence electrons. The Kier molecular flexibility index (Phi) is 15.4. The lowest BCUT2D eigenvalue weighted by Gasteiger charge is -2.61. The summed E-state index contributed by atoms with van der Waals surface area (Å²) in [4.78, 5) is 0. The summed E-state index contributed by atoms with van der Waals surface area (Å²) in [5.41, 5.74) is 0.150. The van der Waals surface area contributed by atoms with E-state index in [1.165, 1.54) is 0 Å². The fourth-order valence-electron chi connectivity index (χ4n) is 14.5. The molecular weight excluding hydrogens is 856 g/mol. The SMILES string of the molecule is COC1(CC[C@H](C)CO[C@@H]2O[C@H](CO)[C@@H](O)[C@H](O)[C@H]2O)OC2CC3C4CC[C@@H]5C[C@@H](O[C@@H]6O[C@H](CO)[C@H](O)[C@H](O)[C@H]6O[C@@H]6O[C@H](CO)[C@@H](O)[C@H](O)[C@H]6O)CC[C@]5(C)C4CC[C@]3(C)C2C1C. The second-order valence-electron chi connectivity index (χ2n) is 21.6. The Balaban J connectivity index is 0.880. The van der Waals surface area contributed by atoms with E-state index in [0.29, 0.717) is 48.9 Å². The van der Waals surface area contributed by atoms with Crippen molar-refractivity contribution in [2.45, 2.75) is 202 Å². The Morgan fingerprint density at radius 3 is 1.85 bits per heavy atom. The van der Waals surface area contributed by atoms with Gasteiger partial charge in [0, 0.05) is 19.4 Å². The summed E-state index contributed by atoms with van der Waals surface area (Å²) in [7, 11) is 1.73. The lowest BCUT2D eigenvalue weighted by Crippen LogP contribution is -2.65. The molecule has 19 heteroatoms. The van der Waals surface area contributed by atoms with Crippen LogP contribution in [-0.2, 0) is 37.9 Å². The lowest BCUT2D eigenvalue weighted by atomic mass is 9.44. The van der Waals surface area contributed by atoms with Crippen LogP contribution in [0.15, 0.2) is 0 Å². The highest BCUT2D eigenvalue weighted by atomic mass is 16.8. The van der Waals surface area contributed by atoms with Crippen LogP contribution in [0, 0.1) is 52.3 Å². The molecule has 0 amide bonds. The minimum Gasteiger partial charge on any atom is -0.394 e. The molecule has 8 aliphatic rings. The lowest BCUT2D eigenvalue weighted by molar-refractivity contribution is -0.373. The van der Waals surface area contributed by atoms with E-state index in [1.807, 2.05) is 6.92 Å². The van der Waals surface area contributed by atoms with Crippen LogP contribution in [0.5, 0.6) is 0 Å². The van der Waals surface area contributed by atoms with Crippen molar-refractivity contribution in [3.63, 3.8) is 0 Å². The number of rotatable bonds is 14. The maximum atomic E-state index is 11.2. The van der Waals surface area contributed by atoms with Gasteiger partial charge in [-0.05, 0) is 104 Å². The van der Waals surface area contributed by atoms with Gasteiger partial charge >= 0.3 is 0 Å². The third kappa shape index (κ3) is 8.90. The molecule has 4 saturated carbocycles. The van der Waals surface area contributed by atoms with E-state index in [4.69, 9.17) is 37.9 Å². The highest BCUT2D eigenvalue weighted by molar-refractivity contribution is 5.15. The summed E-state index contributed by atoms with van der Waals surface area (Å²) in [6, 6.07) is 0. The van der Waals surface area contributed by atoms with Crippen LogP contribution in [0.25, 0.3) is 0 Å². The van der Waals surface area contributed by atoms with Gasteiger partial charge in [-0.1, -0.05) is 27.7 Å². The van der Waals surface area contributed by atoms with Crippen molar-refractivity contribution >= 4 is 0 Å². The Labute approximate surface area is 381 Å². The third-order valence-corrected chi connectivity index (χ3v) is 18.3. The van der Waals surface area contributed by atoms with Gasteiger partial charge in [0.15, 0.2) is 24.7 Å². The molecule has 8 fully saturated rings. The predicted octanol–water partition coefficient (Wildman–Crippen LogP) is -1.13. The maximum absolute atomic E-state index is 11.2. The van der Waals surface area contributed by atoms with E-state index in [9.17, 15) is 56.2 Å². The van der Waals surface area contributed by atoms with Crippen LogP contribution in [0.2, 0.25) is 0 Å². The number of methoxy groups -OCH3 is 1. The molecule has 0 spiro atoms. The minimum atomic E-state index is -1.74. The second-order valence-corrected chi connectivity index (χ2v) is 21.6. The molecule has 0 aromatic heterocycles. The third-order valence-electron chi connectivity index (χ3n) is 18.3. The van der Waals surface area contributed by atoms with Crippen LogP contribution >= 0.6 is 0 Å². The van der Waals surface area contributed by atoms with E-state index in [1.54, 1.807) is 7.11 Å². The Morgan fingerprint density at radius 2 is 1.22 bits per heavy atom. The first kappa shape index (κ1) is 50.6. The van der Waals surface area contributed by atoms with Gasteiger partial charge < -0.3 is 94.1 Å². The van der Waals surface area contributed by atoms with Crippen molar-refractivity contribution in [2.24, 2.45) is 52.3 Å². The van der Waals surface area contributed by atoms with E-state index in [-0.39, 0.29) is 41.5 Å². The number of aliphatic hydroxyl groups excluding tert-OH is 11. The quantitative estimate of drug-likeness (QED) is 0.0920. The molecule has 0 radical (unpaired) electrons. The van der Waals surface area contributed by atoms with Gasteiger partial charge in [-0.3, -0.25) is 0 Å². The number of aliphatic hydroxyl groups is 11. The Bertz CT molecular complexity index is 1580. The van der Waals surface area contributed by atoms with Gasteiger partial charge in [0.1, 0.15) is 73.2 Å². The largest absolute Gasteiger partial charge is 0.394 e. The van der Waals surface area contributed by atoms with Crippen LogP contribution in [0.4, 0.5) is 0 Å². The zero-order valence-electron chi connectivity index (χ0n) is 38.4. The zero-order chi connectivity index (χ0) is 46.9.